The van der Waals surface area contributed by atoms with Gasteiger partial charge in [-0.05, 0) is 37.0 Å². The van der Waals surface area contributed by atoms with Crippen molar-refractivity contribution in [3.8, 4) is 0 Å². The fourth-order valence-electron chi connectivity index (χ4n) is 2.00. The Morgan fingerprint density at radius 2 is 1.65 bits per heavy atom. The Labute approximate surface area is 121 Å². The van der Waals surface area contributed by atoms with Crippen molar-refractivity contribution in [1.29, 1.82) is 0 Å². The van der Waals surface area contributed by atoms with Crippen LogP contribution in [0.1, 0.15) is 39.2 Å². The van der Waals surface area contributed by atoms with Crippen LogP contribution in [-0.4, -0.2) is 18.4 Å². The lowest BCUT2D eigenvalue weighted by atomic mass is 10.0. The first-order chi connectivity index (χ1) is 9.60. The Morgan fingerprint density at radius 3 is 2.15 bits per heavy atom. The Kier molecular flexibility index (Phi) is 6.77. The van der Waals surface area contributed by atoms with Gasteiger partial charge in [0, 0.05) is 11.6 Å². The van der Waals surface area contributed by atoms with Gasteiger partial charge in [0.25, 0.3) is 0 Å². The van der Waals surface area contributed by atoms with Gasteiger partial charge in [-0.15, -0.1) is 0 Å². The van der Waals surface area contributed by atoms with Gasteiger partial charge in [0.15, 0.2) is 0 Å². The molecule has 0 spiro atoms. The average Bonchev–Trinajstić information content (AvgIpc) is 2.47. The van der Waals surface area contributed by atoms with Crippen molar-refractivity contribution in [2.24, 2.45) is 5.92 Å². The second-order valence-corrected chi connectivity index (χ2v) is 4.83. The van der Waals surface area contributed by atoms with Gasteiger partial charge in [0.1, 0.15) is 0 Å². The molecule has 2 N–H and O–H groups in total. The van der Waals surface area contributed by atoms with Gasteiger partial charge in [-0.3, -0.25) is 9.59 Å². The largest absolute Gasteiger partial charge is 0.347 e. The second kappa shape index (κ2) is 8.35. The lowest BCUT2D eigenvalue weighted by Crippen LogP contribution is -2.36. The van der Waals surface area contributed by atoms with Gasteiger partial charge in [0.2, 0.25) is 11.8 Å². The summed E-state index contributed by atoms with van der Waals surface area (Å²) in [5, 5.41) is 5.45. The summed E-state index contributed by atoms with van der Waals surface area (Å²) in [4.78, 5) is 23.5. The summed E-state index contributed by atoms with van der Waals surface area (Å²) in [5.74, 6) is -0.258. The molecule has 0 radical (unpaired) electrons. The minimum Gasteiger partial charge on any atom is -0.347 e. The Hall–Kier alpha value is -1.84. The van der Waals surface area contributed by atoms with Crippen LogP contribution in [0.25, 0.3) is 0 Å². The maximum Gasteiger partial charge on any atom is 0.243 e. The van der Waals surface area contributed by atoms with Crippen molar-refractivity contribution in [2.75, 3.05) is 11.9 Å². The standard InChI is InChI=1S/C16H24N2O2/c1-4-12-7-9-14(10-8-12)18-15(19)11-17-16(20)13(5-2)6-3/h7-10,13H,4-6,11H2,1-3H3,(H,17,20)(H,18,19). The number of rotatable bonds is 7. The molecule has 0 saturated carbocycles. The third-order valence-electron chi connectivity index (χ3n) is 3.43. The van der Waals surface area contributed by atoms with Crippen molar-refractivity contribution >= 4 is 17.5 Å². The molecule has 110 valence electrons. The number of amides is 2. The number of carbonyl (C=O) groups is 2. The predicted molar refractivity (Wildman–Crippen MR) is 81.5 cm³/mol. The van der Waals surface area contributed by atoms with E-state index in [0.717, 1.165) is 24.9 Å². The molecule has 2 amide bonds. The maximum atomic E-state index is 11.8. The number of hydrogen-bond donors (Lipinski definition) is 2. The highest BCUT2D eigenvalue weighted by Gasteiger charge is 2.14. The smallest absolute Gasteiger partial charge is 0.243 e. The van der Waals surface area contributed by atoms with E-state index in [-0.39, 0.29) is 24.3 Å². The average molecular weight is 276 g/mol. The lowest BCUT2D eigenvalue weighted by molar-refractivity contribution is -0.127. The minimum atomic E-state index is -0.200. The quantitative estimate of drug-likeness (QED) is 0.804. The molecule has 0 saturated heterocycles. The van der Waals surface area contributed by atoms with Crippen LogP contribution in [0, 0.1) is 5.92 Å². The molecule has 0 fully saturated rings. The van der Waals surface area contributed by atoms with Crippen LogP contribution < -0.4 is 10.6 Å². The van der Waals surface area contributed by atoms with E-state index >= 15 is 0 Å². The first kappa shape index (κ1) is 16.2. The highest BCUT2D eigenvalue weighted by molar-refractivity contribution is 5.94. The molecule has 1 rings (SSSR count). The van der Waals surface area contributed by atoms with Crippen LogP contribution in [0.2, 0.25) is 0 Å². The van der Waals surface area contributed by atoms with E-state index in [1.54, 1.807) is 0 Å². The van der Waals surface area contributed by atoms with Crippen LogP contribution in [-0.2, 0) is 16.0 Å². The molecule has 0 aromatic heterocycles. The highest BCUT2D eigenvalue weighted by atomic mass is 16.2. The molecule has 0 aliphatic rings. The monoisotopic (exact) mass is 276 g/mol. The summed E-state index contributed by atoms with van der Waals surface area (Å²) in [6.45, 7) is 6.05. The van der Waals surface area contributed by atoms with E-state index in [2.05, 4.69) is 17.6 Å². The first-order valence-electron chi connectivity index (χ1n) is 7.27. The van der Waals surface area contributed by atoms with E-state index in [1.807, 2.05) is 38.1 Å². The summed E-state index contributed by atoms with van der Waals surface area (Å²) in [5.41, 5.74) is 1.98. The van der Waals surface area contributed by atoms with E-state index in [4.69, 9.17) is 0 Å². The van der Waals surface area contributed by atoms with Gasteiger partial charge in [-0.2, -0.15) is 0 Å². The molecule has 20 heavy (non-hydrogen) atoms. The van der Waals surface area contributed by atoms with Gasteiger partial charge >= 0.3 is 0 Å². The van der Waals surface area contributed by atoms with Gasteiger partial charge in [-0.1, -0.05) is 32.9 Å². The molecule has 0 atom stereocenters. The molecular weight excluding hydrogens is 252 g/mol. The molecule has 1 aromatic rings. The Bertz CT molecular complexity index is 436. The molecule has 0 heterocycles. The molecule has 4 nitrogen and oxygen atoms in total. The normalized spacial score (nSPS) is 10.4. The number of aryl methyl sites for hydroxylation is 1. The zero-order valence-corrected chi connectivity index (χ0v) is 12.5. The fourth-order valence-corrected chi connectivity index (χ4v) is 2.00. The SMILES string of the molecule is CCc1ccc(NC(=O)CNC(=O)C(CC)CC)cc1. The lowest BCUT2D eigenvalue weighted by Gasteiger charge is -2.12. The molecular formula is C16H24N2O2. The third-order valence-corrected chi connectivity index (χ3v) is 3.43. The summed E-state index contributed by atoms with van der Waals surface area (Å²) in [6.07, 6.45) is 2.56. The van der Waals surface area contributed by atoms with Crippen LogP contribution in [0.15, 0.2) is 24.3 Å². The van der Waals surface area contributed by atoms with Gasteiger partial charge in [0.05, 0.1) is 6.54 Å². The number of carbonyl (C=O) groups excluding carboxylic acids is 2. The van der Waals surface area contributed by atoms with Crippen molar-refractivity contribution in [3.05, 3.63) is 29.8 Å². The minimum absolute atomic E-state index is 0.00774. The van der Waals surface area contributed by atoms with Crippen LogP contribution in [0.3, 0.4) is 0 Å². The second-order valence-electron chi connectivity index (χ2n) is 4.83. The zero-order chi connectivity index (χ0) is 15.0. The van der Waals surface area contributed by atoms with Crippen molar-refractivity contribution in [2.45, 2.75) is 40.0 Å². The van der Waals surface area contributed by atoms with Crippen molar-refractivity contribution in [3.63, 3.8) is 0 Å². The zero-order valence-electron chi connectivity index (χ0n) is 12.5. The molecule has 1 aromatic carbocycles. The number of benzene rings is 1. The maximum absolute atomic E-state index is 11.8. The topological polar surface area (TPSA) is 58.2 Å². The fraction of sp³-hybridized carbons (Fsp3) is 0.500. The van der Waals surface area contributed by atoms with Gasteiger partial charge < -0.3 is 10.6 Å². The third kappa shape index (κ3) is 5.03. The van der Waals surface area contributed by atoms with E-state index in [1.165, 1.54) is 5.56 Å². The van der Waals surface area contributed by atoms with Crippen molar-refractivity contribution < 1.29 is 9.59 Å². The summed E-state index contributed by atoms with van der Waals surface area (Å²) < 4.78 is 0. The van der Waals surface area contributed by atoms with E-state index < -0.39 is 0 Å². The molecule has 0 bridgehead atoms. The highest BCUT2D eigenvalue weighted by Crippen LogP contribution is 2.10. The van der Waals surface area contributed by atoms with E-state index in [9.17, 15) is 9.59 Å². The molecule has 4 heteroatoms. The summed E-state index contributed by atoms with van der Waals surface area (Å²) in [6, 6.07) is 7.72. The first-order valence-corrected chi connectivity index (χ1v) is 7.27. The van der Waals surface area contributed by atoms with Crippen molar-refractivity contribution in [1.82, 2.24) is 5.32 Å². The Morgan fingerprint density at radius 1 is 1.05 bits per heavy atom. The summed E-state index contributed by atoms with van der Waals surface area (Å²) >= 11 is 0. The summed E-state index contributed by atoms with van der Waals surface area (Å²) in [7, 11) is 0. The predicted octanol–water partition coefficient (Wildman–Crippen LogP) is 2.74. The molecule has 0 unspecified atom stereocenters. The Balaban J connectivity index is 2.41. The van der Waals surface area contributed by atoms with E-state index in [0.29, 0.717) is 0 Å². The number of anilines is 1. The van der Waals surface area contributed by atoms with Gasteiger partial charge in [-0.25, -0.2) is 0 Å². The number of nitrogens with one attached hydrogen (secondary N) is 2. The van der Waals surface area contributed by atoms with Crippen LogP contribution in [0.5, 0.6) is 0 Å². The van der Waals surface area contributed by atoms with Crippen LogP contribution >= 0.6 is 0 Å². The van der Waals surface area contributed by atoms with Crippen LogP contribution in [0.4, 0.5) is 5.69 Å². The molecule has 0 aliphatic heterocycles. The molecule has 0 aliphatic carbocycles. The number of hydrogen-bond acceptors (Lipinski definition) is 2.